The second-order valence-corrected chi connectivity index (χ2v) is 9.63. The Bertz CT molecular complexity index is 1200. The lowest BCUT2D eigenvalue weighted by molar-refractivity contribution is 0.528. The molecule has 7 heteroatoms. The highest BCUT2D eigenvalue weighted by molar-refractivity contribution is 7.98. The Morgan fingerprint density at radius 1 is 0.938 bits per heavy atom. The molecular formula is C25H27N5OS. The minimum Gasteiger partial charge on any atom is -0.420 e. The zero-order valence-corrected chi connectivity index (χ0v) is 19.7. The third-order valence-electron chi connectivity index (χ3n) is 5.13. The number of rotatable bonds is 7. The average Bonchev–Trinajstić information content (AvgIpc) is 3.40. The molecule has 2 aromatic heterocycles. The molecule has 0 aliphatic rings. The summed E-state index contributed by atoms with van der Waals surface area (Å²) in [5.74, 6) is 2.40. The molecule has 0 saturated heterocycles. The maximum absolute atomic E-state index is 5.85. The molecule has 2 aromatic carbocycles. The molecule has 0 aliphatic carbocycles. The fourth-order valence-electron chi connectivity index (χ4n) is 3.27. The first-order valence-corrected chi connectivity index (χ1v) is 11.5. The number of aromatic nitrogens is 5. The second kappa shape index (κ2) is 9.12. The molecule has 0 fully saturated rings. The highest BCUT2D eigenvalue weighted by atomic mass is 32.2. The Hall–Kier alpha value is -3.19. The summed E-state index contributed by atoms with van der Waals surface area (Å²) in [6.07, 6.45) is 1.85. The minimum absolute atomic E-state index is 0.107. The van der Waals surface area contributed by atoms with E-state index in [1.807, 2.05) is 37.3 Å². The van der Waals surface area contributed by atoms with Gasteiger partial charge in [0.1, 0.15) is 0 Å². The first-order valence-electron chi connectivity index (χ1n) is 10.5. The van der Waals surface area contributed by atoms with Crippen molar-refractivity contribution < 1.29 is 4.42 Å². The zero-order chi connectivity index (χ0) is 22.7. The molecule has 0 aliphatic heterocycles. The van der Waals surface area contributed by atoms with Crippen LogP contribution in [0, 0.1) is 6.92 Å². The maximum atomic E-state index is 5.85. The first-order chi connectivity index (χ1) is 15.3. The summed E-state index contributed by atoms with van der Waals surface area (Å²) >= 11 is 1.52. The van der Waals surface area contributed by atoms with Crippen molar-refractivity contribution >= 4 is 11.8 Å². The highest BCUT2D eigenvalue weighted by Gasteiger charge is 2.17. The number of aryl methyl sites for hydroxylation is 1. The van der Waals surface area contributed by atoms with E-state index >= 15 is 0 Å². The van der Waals surface area contributed by atoms with E-state index in [-0.39, 0.29) is 5.41 Å². The summed E-state index contributed by atoms with van der Waals surface area (Å²) < 4.78 is 7.90. The Morgan fingerprint density at radius 3 is 2.28 bits per heavy atom. The fraction of sp³-hybridized carbons (Fsp3) is 0.280. The van der Waals surface area contributed by atoms with E-state index in [0.717, 1.165) is 22.1 Å². The van der Waals surface area contributed by atoms with Crippen LogP contribution in [0.5, 0.6) is 0 Å². The van der Waals surface area contributed by atoms with Crippen LogP contribution >= 0.6 is 11.8 Å². The van der Waals surface area contributed by atoms with E-state index < -0.39 is 0 Å². The van der Waals surface area contributed by atoms with Crippen molar-refractivity contribution in [1.29, 1.82) is 0 Å². The van der Waals surface area contributed by atoms with Crippen LogP contribution in [0.2, 0.25) is 0 Å². The summed E-state index contributed by atoms with van der Waals surface area (Å²) in [7, 11) is 0. The van der Waals surface area contributed by atoms with Gasteiger partial charge in [0, 0.05) is 17.7 Å². The topological polar surface area (TPSA) is 69.6 Å². The van der Waals surface area contributed by atoms with Gasteiger partial charge >= 0.3 is 0 Å². The smallest absolute Gasteiger partial charge is 0.247 e. The molecule has 0 amide bonds. The van der Waals surface area contributed by atoms with Crippen molar-refractivity contribution in [2.24, 2.45) is 0 Å². The van der Waals surface area contributed by atoms with E-state index in [9.17, 15) is 0 Å². The van der Waals surface area contributed by atoms with Gasteiger partial charge in [0.25, 0.3) is 0 Å². The normalized spacial score (nSPS) is 11.6. The molecule has 0 unspecified atom stereocenters. The van der Waals surface area contributed by atoms with Crippen LogP contribution in [-0.2, 0) is 17.7 Å². The number of allylic oxidation sites excluding steroid dienone is 1. The zero-order valence-electron chi connectivity index (χ0n) is 18.9. The number of benzene rings is 2. The third-order valence-corrected chi connectivity index (χ3v) is 6.08. The predicted molar refractivity (Wildman–Crippen MR) is 128 cm³/mol. The molecular weight excluding hydrogens is 418 g/mol. The van der Waals surface area contributed by atoms with Gasteiger partial charge in [0.15, 0.2) is 11.0 Å². The summed E-state index contributed by atoms with van der Waals surface area (Å²) in [6.45, 7) is 13.2. The molecule has 4 rings (SSSR count). The Kier molecular flexibility index (Phi) is 6.28. The lowest BCUT2D eigenvalue weighted by Gasteiger charge is -2.19. The van der Waals surface area contributed by atoms with Crippen molar-refractivity contribution in [2.75, 3.05) is 0 Å². The molecule has 0 atom stereocenters. The van der Waals surface area contributed by atoms with Gasteiger partial charge in [-0.1, -0.05) is 80.6 Å². The van der Waals surface area contributed by atoms with Crippen LogP contribution in [0.1, 0.15) is 37.8 Å². The van der Waals surface area contributed by atoms with E-state index in [1.165, 1.54) is 22.9 Å². The Morgan fingerprint density at radius 2 is 1.62 bits per heavy atom. The molecule has 0 N–H and O–H groups in total. The monoisotopic (exact) mass is 445 g/mol. The van der Waals surface area contributed by atoms with Crippen molar-refractivity contribution in [2.45, 2.75) is 50.6 Å². The highest BCUT2D eigenvalue weighted by Crippen LogP contribution is 2.29. The average molecular weight is 446 g/mol. The van der Waals surface area contributed by atoms with Crippen LogP contribution in [0.4, 0.5) is 0 Å². The molecule has 4 aromatic rings. The van der Waals surface area contributed by atoms with E-state index in [4.69, 9.17) is 4.42 Å². The van der Waals surface area contributed by atoms with Crippen molar-refractivity contribution in [3.05, 3.63) is 78.2 Å². The summed E-state index contributed by atoms with van der Waals surface area (Å²) in [6, 6.07) is 16.5. The van der Waals surface area contributed by atoms with Crippen molar-refractivity contribution in [3.8, 4) is 22.8 Å². The van der Waals surface area contributed by atoms with Crippen LogP contribution in [-0.4, -0.2) is 25.0 Å². The standard InChI is InChI=1S/C25H27N5OS/c1-6-15-30-22(18-11-13-20(14-12-18)25(3,4)5)27-29-24(30)32-16-21-26-28-23(31-21)19-9-7-17(2)8-10-19/h6-14H,1,15-16H2,2-5H3. The lowest BCUT2D eigenvalue weighted by Crippen LogP contribution is -2.10. The number of hydrogen-bond acceptors (Lipinski definition) is 6. The van der Waals surface area contributed by atoms with Gasteiger partial charge in [-0.2, -0.15) is 0 Å². The van der Waals surface area contributed by atoms with E-state index in [0.29, 0.717) is 24.1 Å². The van der Waals surface area contributed by atoms with Crippen molar-refractivity contribution in [3.63, 3.8) is 0 Å². The van der Waals surface area contributed by atoms with Gasteiger partial charge in [-0.05, 0) is 30.0 Å². The van der Waals surface area contributed by atoms with Gasteiger partial charge in [-0.15, -0.1) is 27.0 Å². The summed E-state index contributed by atoms with van der Waals surface area (Å²) in [5, 5.41) is 18.0. The number of hydrogen-bond donors (Lipinski definition) is 0. The largest absolute Gasteiger partial charge is 0.420 e. The van der Waals surface area contributed by atoms with Gasteiger partial charge in [-0.25, -0.2) is 0 Å². The van der Waals surface area contributed by atoms with Gasteiger partial charge in [-0.3, -0.25) is 4.57 Å². The SMILES string of the molecule is C=CCn1c(SCc2nnc(-c3ccc(C)cc3)o2)nnc1-c1ccc(C(C)(C)C)cc1. The first kappa shape index (κ1) is 22.0. The lowest BCUT2D eigenvalue weighted by atomic mass is 9.87. The molecule has 0 saturated carbocycles. The second-order valence-electron chi connectivity index (χ2n) is 8.69. The molecule has 2 heterocycles. The van der Waals surface area contributed by atoms with Crippen molar-refractivity contribution in [1.82, 2.24) is 25.0 Å². The quantitative estimate of drug-likeness (QED) is 0.254. The van der Waals surface area contributed by atoms with Gasteiger partial charge in [0.05, 0.1) is 5.75 Å². The van der Waals surface area contributed by atoms with Crippen LogP contribution in [0.15, 0.2) is 70.8 Å². The van der Waals surface area contributed by atoms with Gasteiger partial charge in [0.2, 0.25) is 11.8 Å². The van der Waals surface area contributed by atoms with Gasteiger partial charge < -0.3 is 4.42 Å². The fourth-order valence-corrected chi connectivity index (χ4v) is 4.06. The minimum atomic E-state index is 0.107. The molecule has 164 valence electrons. The number of nitrogens with zero attached hydrogens (tertiary/aromatic N) is 5. The van der Waals surface area contributed by atoms with Crippen LogP contribution < -0.4 is 0 Å². The van der Waals surface area contributed by atoms with E-state index in [2.05, 4.69) is 76.6 Å². The molecule has 6 nitrogen and oxygen atoms in total. The maximum Gasteiger partial charge on any atom is 0.247 e. The van der Waals surface area contributed by atoms with Crippen LogP contribution in [0.3, 0.4) is 0 Å². The predicted octanol–water partition coefficient (Wildman–Crippen LogP) is 6.08. The third kappa shape index (κ3) is 4.83. The molecule has 0 bridgehead atoms. The molecule has 0 radical (unpaired) electrons. The number of thioether (sulfide) groups is 1. The van der Waals surface area contributed by atoms with Crippen LogP contribution in [0.25, 0.3) is 22.8 Å². The Labute approximate surface area is 192 Å². The summed E-state index contributed by atoms with van der Waals surface area (Å²) in [4.78, 5) is 0. The summed E-state index contributed by atoms with van der Waals surface area (Å²) in [5.41, 5.74) is 4.52. The molecule has 32 heavy (non-hydrogen) atoms. The molecule has 0 spiro atoms. The van der Waals surface area contributed by atoms with E-state index in [1.54, 1.807) is 0 Å². The Balaban J connectivity index is 1.52.